The Morgan fingerprint density at radius 3 is 2.27 bits per heavy atom. The molecule has 0 saturated heterocycles. The third-order valence-electron chi connectivity index (χ3n) is 2.89. The summed E-state index contributed by atoms with van der Waals surface area (Å²) in [7, 11) is -3.49. The highest BCUT2D eigenvalue weighted by molar-refractivity contribution is 8.14. The Morgan fingerprint density at radius 2 is 1.82 bits per heavy atom. The predicted octanol–water partition coefficient (Wildman–Crippen LogP) is 1.30. The molecule has 0 heterocycles. The minimum Gasteiger partial charge on any atom is -0.394 e. The van der Waals surface area contributed by atoms with Gasteiger partial charge in [-0.25, -0.2) is 8.42 Å². The van der Waals surface area contributed by atoms with E-state index < -0.39 is 10.0 Å². The van der Waals surface area contributed by atoms with Crippen molar-refractivity contribution >= 4 is 38.4 Å². The predicted molar refractivity (Wildman–Crippen MR) is 87.8 cm³/mol. The molecule has 6 nitrogen and oxygen atoms in total. The lowest BCUT2D eigenvalue weighted by molar-refractivity contribution is -0.109. The molecule has 0 bridgehead atoms. The van der Waals surface area contributed by atoms with Gasteiger partial charge in [-0.15, -0.1) is 0 Å². The molecule has 0 aliphatic carbocycles. The van der Waals surface area contributed by atoms with Gasteiger partial charge < -0.3 is 5.11 Å². The topological polar surface area (TPSA) is 91.8 Å². The summed E-state index contributed by atoms with van der Waals surface area (Å²) in [5.74, 6) is -0.218. The van der Waals surface area contributed by atoms with E-state index in [9.17, 15) is 18.0 Å². The SMILES string of the molecule is CCS(=O)(=O)N(CCO)c1ccc(C(=O)CSC(C)=O)cc1. The zero-order chi connectivity index (χ0) is 16.8. The maximum absolute atomic E-state index is 12.0. The molecule has 1 aromatic carbocycles. The van der Waals surface area contributed by atoms with E-state index in [2.05, 4.69) is 0 Å². The monoisotopic (exact) mass is 345 g/mol. The van der Waals surface area contributed by atoms with Crippen molar-refractivity contribution in [3.63, 3.8) is 0 Å². The fourth-order valence-electron chi connectivity index (χ4n) is 1.74. The summed E-state index contributed by atoms with van der Waals surface area (Å²) in [6.07, 6.45) is 0. The van der Waals surface area contributed by atoms with Crippen LogP contribution in [0.15, 0.2) is 24.3 Å². The largest absolute Gasteiger partial charge is 0.394 e. The van der Waals surface area contributed by atoms with Crippen LogP contribution in [0, 0.1) is 0 Å². The number of nitrogens with zero attached hydrogens (tertiary/aromatic N) is 1. The molecule has 0 fully saturated rings. The van der Waals surface area contributed by atoms with Gasteiger partial charge in [0.05, 0.1) is 30.3 Å². The average molecular weight is 345 g/mol. The second-order valence-corrected chi connectivity index (χ2v) is 7.78. The van der Waals surface area contributed by atoms with E-state index in [1.54, 1.807) is 0 Å². The lowest BCUT2D eigenvalue weighted by Gasteiger charge is -2.23. The number of aliphatic hydroxyl groups excluding tert-OH is 1. The summed E-state index contributed by atoms with van der Waals surface area (Å²) < 4.78 is 25.1. The van der Waals surface area contributed by atoms with Crippen molar-refractivity contribution in [1.29, 1.82) is 0 Å². The molecular weight excluding hydrogens is 326 g/mol. The Kier molecular flexibility index (Phi) is 7.05. The van der Waals surface area contributed by atoms with Gasteiger partial charge in [-0.05, 0) is 31.2 Å². The van der Waals surface area contributed by atoms with Crippen LogP contribution in [0.3, 0.4) is 0 Å². The quantitative estimate of drug-likeness (QED) is 0.714. The number of rotatable bonds is 8. The van der Waals surface area contributed by atoms with Crippen molar-refractivity contribution in [2.45, 2.75) is 13.8 Å². The first-order chi connectivity index (χ1) is 10.3. The van der Waals surface area contributed by atoms with E-state index in [0.29, 0.717) is 11.3 Å². The lowest BCUT2D eigenvalue weighted by atomic mass is 10.1. The van der Waals surface area contributed by atoms with Crippen LogP contribution in [0.5, 0.6) is 0 Å². The molecule has 0 aromatic heterocycles. The van der Waals surface area contributed by atoms with Crippen LogP contribution in [0.25, 0.3) is 0 Å². The van der Waals surface area contributed by atoms with Crippen LogP contribution in [0.4, 0.5) is 5.69 Å². The van der Waals surface area contributed by atoms with E-state index in [1.165, 1.54) is 38.1 Å². The molecule has 0 aliphatic heterocycles. The maximum atomic E-state index is 12.0. The zero-order valence-electron chi connectivity index (χ0n) is 12.5. The van der Waals surface area contributed by atoms with Gasteiger partial charge in [0.15, 0.2) is 10.9 Å². The van der Waals surface area contributed by atoms with Gasteiger partial charge in [0, 0.05) is 12.5 Å². The number of benzene rings is 1. The second kappa shape index (κ2) is 8.30. The summed E-state index contributed by atoms with van der Waals surface area (Å²) >= 11 is 0.933. The maximum Gasteiger partial charge on any atom is 0.234 e. The highest BCUT2D eigenvalue weighted by atomic mass is 32.2. The molecule has 0 radical (unpaired) electrons. The number of carbonyl (C=O) groups excluding carboxylic acids is 2. The van der Waals surface area contributed by atoms with Crippen LogP contribution >= 0.6 is 11.8 Å². The lowest BCUT2D eigenvalue weighted by Crippen LogP contribution is -2.34. The number of hydrogen-bond donors (Lipinski definition) is 1. The Hall–Kier alpha value is -1.38. The molecular formula is C14H19NO5S2. The van der Waals surface area contributed by atoms with Crippen molar-refractivity contribution in [3.8, 4) is 0 Å². The fraction of sp³-hybridized carbons (Fsp3) is 0.429. The number of Topliss-reactive ketones (excluding diaryl/α,β-unsaturated/α-hetero) is 1. The van der Waals surface area contributed by atoms with Crippen LogP contribution in [-0.4, -0.2) is 49.1 Å². The molecule has 0 spiro atoms. The third-order valence-corrected chi connectivity index (χ3v) is 5.50. The van der Waals surface area contributed by atoms with Crippen LogP contribution in [0.1, 0.15) is 24.2 Å². The standard InChI is InChI=1S/C14H19NO5S2/c1-3-22(19,20)15(8-9-16)13-6-4-12(5-7-13)14(18)10-21-11(2)17/h4-7,16H,3,8-10H2,1-2H3. The minimum atomic E-state index is -3.49. The molecule has 0 amide bonds. The van der Waals surface area contributed by atoms with E-state index in [4.69, 9.17) is 5.11 Å². The number of hydrogen-bond acceptors (Lipinski definition) is 6. The summed E-state index contributed by atoms with van der Waals surface area (Å²) in [6.45, 7) is 2.58. The fourth-order valence-corrected chi connectivity index (χ4v) is 3.35. The van der Waals surface area contributed by atoms with Crippen LogP contribution < -0.4 is 4.31 Å². The minimum absolute atomic E-state index is 0.0380. The van der Waals surface area contributed by atoms with Crippen LogP contribution in [-0.2, 0) is 14.8 Å². The van der Waals surface area contributed by atoms with E-state index >= 15 is 0 Å². The summed E-state index contributed by atoms with van der Waals surface area (Å²) in [6, 6.07) is 6.09. The first-order valence-corrected chi connectivity index (χ1v) is 9.29. The smallest absolute Gasteiger partial charge is 0.234 e. The first-order valence-electron chi connectivity index (χ1n) is 6.69. The van der Waals surface area contributed by atoms with Gasteiger partial charge >= 0.3 is 0 Å². The Morgan fingerprint density at radius 1 is 1.23 bits per heavy atom. The van der Waals surface area contributed by atoms with E-state index in [1.807, 2.05) is 0 Å². The zero-order valence-corrected chi connectivity index (χ0v) is 14.1. The summed E-state index contributed by atoms with van der Waals surface area (Å²) in [5.41, 5.74) is 0.807. The molecule has 1 rings (SSSR count). The molecule has 22 heavy (non-hydrogen) atoms. The number of thioether (sulfide) groups is 1. The second-order valence-electron chi connectivity index (χ2n) is 4.45. The summed E-state index contributed by atoms with van der Waals surface area (Å²) in [4.78, 5) is 22.7. The molecule has 1 aromatic rings. The molecule has 0 unspecified atom stereocenters. The van der Waals surface area contributed by atoms with Gasteiger partial charge in [-0.1, -0.05) is 11.8 Å². The van der Waals surface area contributed by atoms with E-state index in [-0.39, 0.29) is 35.6 Å². The third kappa shape index (κ3) is 5.11. The summed E-state index contributed by atoms with van der Waals surface area (Å²) in [5, 5.41) is 8.90. The van der Waals surface area contributed by atoms with Crippen molar-refractivity contribution < 1.29 is 23.1 Å². The Balaban J connectivity index is 2.94. The highest BCUT2D eigenvalue weighted by Crippen LogP contribution is 2.20. The average Bonchev–Trinajstić information content (AvgIpc) is 2.50. The van der Waals surface area contributed by atoms with Gasteiger partial charge in [0.2, 0.25) is 10.0 Å². The Labute approximate surface area is 134 Å². The normalized spacial score (nSPS) is 11.2. The number of carbonyl (C=O) groups is 2. The van der Waals surface area contributed by atoms with Gasteiger partial charge in [0.1, 0.15) is 0 Å². The van der Waals surface area contributed by atoms with Gasteiger partial charge in [0.25, 0.3) is 0 Å². The number of anilines is 1. The molecule has 0 aliphatic rings. The first kappa shape index (κ1) is 18.7. The van der Waals surface area contributed by atoms with E-state index in [0.717, 1.165) is 16.1 Å². The number of sulfonamides is 1. The number of ketones is 1. The molecule has 1 N–H and O–H groups in total. The van der Waals surface area contributed by atoms with Gasteiger partial charge in [-0.3, -0.25) is 13.9 Å². The Bertz CT molecular complexity index is 625. The highest BCUT2D eigenvalue weighted by Gasteiger charge is 2.20. The molecule has 0 atom stereocenters. The molecule has 0 saturated carbocycles. The van der Waals surface area contributed by atoms with Crippen molar-refractivity contribution in [3.05, 3.63) is 29.8 Å². The van der Waals surface area contributed by atoms with Crippen molar-refractivity contribution in [1.82, 2.24) is 0 Å². The van der Waals surface area contributed by atoms with Crippen LogP contribution in [0.2, 0.25) is 0 Å². The van der Waals surface area contributed by atoms with Crippen molar-refractivity contribution in [2.75, 3.05) is 29.0 Å². The molecule has 8 heteroatoms. The number of aliphatic hydroxyl groups is 1. The molecule has 122 valence electrons. The van der Waals surface area contributed by atoms with Crippen molar-refractivity contribution in [2.24, 2.45) is 0 Å². The van der Waals surface area contributed by atoms with Gasteiger partial charge in [-0.2, -0.15) is 0 Å².